The van der Waals surface area contributed by atoms with E-state index < -0.39 is 0 Å². The Balaban J connectivity index is 1.34. The molecule has 2 fully saturated rings. The quantitative estimate of drug-likeness (QED) is 0.626. The van der Waals surface area contributed by atoms with Crippen LogP contribution in [-0.4, -0.2) is 39.5 Å². The lowest BCUT2D eigenvalue weighted by atomic mass is 9.93. The summed E-state index contributed by atoms with van der Waals surface area (Å²) >= 11 is 0. The van der Waals surface area contributed by atoms with Gasteiger partial charge in [-0.1, -0.05) is 31.4 Å². The summed E-state index contributed by atoms with van der Waals surface area (Å²) in [6, 6.07) is 15.0. The molecule has 1 aliphatic carbocycles. The minimum atomic E-state index is -0.248. The highest BCUT2D eigenvalue weighted by Gasteiger charge is 2.28. The van der Waals surface area contributed by atoms with Crippen molar-refractivity contribution >= 4 is 16.9 Å². The number of carbonyl (C=O) groups excluding carboxylic acids is 1. The fourth-order valence-electron chi connectivity index (χ4n) is 5.24. The summed E-state index contributed by atoms with van der Waals surface area (Å²) in [5.41, 5.74) is 2.84. The molecule has 0 radical (unpaired) electrons. The summed E-state index contributed by atoms with van der Waals surface area (Å²) in [7, 11) is 0. The van der Waals surface area contributed by atoms with Gasteiger partial charge in [0.2, 0.25) is 5.91 Å². The van der Waals surface area contributed by atoms with E-state index in [1.54, 1.807) is 12.1 Å². The number of likely N-dealkylation sites (tertiary alicyclic amines) is 1. The van der Waals surface area contributed by atoms with Crippen molar-refractivity contribution in [2.24, 2.45) is 5.92 Å². The molecule has 1 saturated carbocycles. The van der Waals surface area contributed by atoms with Gasteiger partial charge in [0.25, 0.3) is 0 Å². The summed E-state index contributed by atoms with van der Waals surface area (Å²) in [6.45, 7) is 2.38. The van der Waals surface area contributed by atoms with Crippen LogP contribution in [0.1, 0.15) is 50.8 Å². The average Bonchev–Trinajstić information content (AvgIpc) is 3.18. The van der Waals surface area contributed by atoms with Crippen LogP contribution in [0.25, 0.3) is 16.7 Å². The van der Waals surface area contributed by atoms with Crippen molar-refractivity contribution in [2.75, 3.05) is 13.1 Å². The van der Waals surface area contributed by atoms with Gasteiger partial charge in [-0.15, -0.1) is 0 Å². The maximum Gasteiger partial charge on any atom is 0.224 e. The third kappa shape index (κ3) is 4.56. The van der Waals surface area contributed by atoms with Crippen LogP contribution >= 0.6 is 0 Å². The second kappa shape index (κ2) is 9.41. The van der Waals surface area contributed by atoms with Crippen molar-refractivity contribution in [3.8, 4) is 5.69 Å². The second-order valence-electron chi connectivity index (χ2n) is 9.25. The number of para-hydroxylation sites is 2. The normalized spacial score (nSPS) is 20.5. The molecule has 0 unspecified atom stereocenters. The monoisotopic (exact) mass is 434 g/mol. The highest BCUT2D eigenvalue weighted by atomic mass is 19.1. The van der Waals surface area contributed by atoms with E-state index in [9.17, 15) is 9.18 Å². The molecule has 1 aliphatic heterocycles. The Morgan fingerprint density at radius 2 is 1.78 bits per heavy atom. The number of nitrogens with zero attached hydrogens (tertiary/aromatic N) is 3. The first-order valence-electron chi connectivity index (χ1n) is 11.9. The van der Waals surface area contributed by atoms with Gasteiger partial charge >= 0.3 is 0 Å². The molecule has 2 heterocycles. The summed E-state index contributed by atoms with van der Waals surface area (Å²) in [5.74, 6) is 0.927. The number of aromatic nitrogens is 2. The highest BCUT2D eigenvalue weighted by molar-refractivity contribution is 5.79. The standard InChI is InChI=1S/C26H31FN4O/c27-20-12-14-22(15-13-20)31-24-11-5-4-10-23(24)29-25(31)18-30-16-6-7-19(17-30)26(32)28-21-8-2-1-3-9-21/h4-5,10-15,19,21H,1-3,6-9,16-18H2,(H,28,32)/t19-/m1/s1. The zero-order valence-electron chi connectivity index (χ0n) is 18.5. The van der Waals surface area contributed by atoms with Crippen LogP contribution in [0.5, 0.6) is 0 Å². The molecule has 1 atom stereocenters. The number of rotatable bonds is 5. The lowest BCUT2D eigenvalue weighted by Gasteiger charge is -2.33. The van der Waals surface area contributed by atoms with E-state index in [-0.39, 0.29) is 17.6 Å². The van der Waals surface area contributed by atoms with Crippen molar-refractivity contribution in [3.63, 3.8) is 0 Å². The zero-order chi connectivity index (χ0) is 21.9. The third-order valence-electron chi connectivity index (χ3n) is 6.91. The molecular weight excluding hydrogens is 403 g/mol. The predicted octanol–water partition coefficient (Wildman–Crippen LogP) is 4.83. The first-order chi connectivity index (χ1) is 15.7. The van der Waals surface area contributed by atoms with Gasteiger partial charge < -0.3 is 5.32 Å². The van der Waals surface area contributed by atoms with Gasteiger partial charge in [0.1, 0.15) is 11.6 Å². The number of imidazole rings is 1. The van der Waals surface area contributed by atoms with Crippen LogP contribution in [0.15, 0.2) is 48.5 Å². The Labute approximate surface area is 188 Å². The van der Waals surface area contributed by atoms with Crippen LogP contribution < -0.4 is 5.32 Å². The molecule has 3 aromatic rings. The van der Waals surface area contributed by atoms with Gasteiger partial charge in [0, 0.05) is 18.3 Å². The van der Waals surface area contributed by atoms with E-state index in [0.717, 1.165) is 61.3 Å². The molecule has 1 amide bonds. The number of nitrogens with one attached hydrogen (secondary N) is 1. The van der Waals surface area contributed by atoms with E-state index in [1.165, 1.54) is 31.4 Å². The summed E-state index contributed by atoms with van der Waals surface area (Å²) < 4.78 is 15.6. The zero-order valence-corrected chi connectivity index (χ0v) is 18.5. The number of piperidine rings is 1. The minimum Gasteiger partial charge on any atom is -0.353 e. The van der Waals surface area contributed by atoms with Gasteiger partial charge in [-0.3, -0.25) is 14.3 Å². The molecule has 0 spiro atoms. The van der Waals surface area contributed by atoms with E-state index in [4.69, 9.17) is 4.98 Å². The van der Waals surface area contributed by atoms with Crippen LogP contribution in [0.4, 0.5) is 4.39 Å². The fourth-order valence-corrected chi connectivity index (χ4v) is 5.24. The topological polar surface area (TPSA) is 50.2 Å². The van der Waals surface area contributed by atoms with Crippen LogP contribution in [0.2, 0.25) is 0 Å². The van der Waals surface area contributed by atoms with E-state index >= 15 is 0 Å². The number of carbonyl (C=O) groups is 1. The third-order valence-corrected chi connectivity index (χ3v) is 6.91. The molecule has 1 aromatic heterocycles. The molecule has 2 aromatic carbocycles. The molecule has 2 aliphatic rings. The smallest absolute Gasteiger partial charge is 0.224 e. The van der Waals surface area contributed by atoms with E-state index in [1.807, 2.05) is 24.3 Å². The van der Waals surface area contributed by atoms with Gasteiger partial charge in [-0.05, 0) is 68.6 Å². The first-order valence-corrected chi connectivity index (χ1v) is 11.9. The Morgan fingerprint density at radius 1 is 1.00 bits per heavy atom. The van der Waals surface area contributed by atoms with Gasteiger partial charge in [-0.25, -0.2) is 9.37 Å². The summed E-state index contributed by atoms with van der Waals surface area (Å²) in [6.07, 6.45) is 7.93. The number of fused-ring (bicyclic) bond motifs is 1. The van der Waals surface area contributed by atoms with Crippen molar-refractivity contribution in [3.05, 3.63) is 60.2 Å². The van der Waals surface area contributed by atoms with E-state index in [0.29, 0.717) is 12.6 Å². The van der Waals surface area contributed by atoms with Gasteiger partial charge in [-0.2, -0.15) is 0 Å². The largest absolute Gasteiger partial charge is 0.353 e. The molecular formula is C26H31FN4O. The Hall–Kier alpha value is -2.73. The molecule has 168 valence electrons. The molecule has 5 nitrogen and oxygen atoms in total. The number of hydrogen-bond donors (Lipinski definition) is 1. The van der Waals surface area contributed by atoms with Gasteiger partial charge in [0.15, 0.2) is 0 Å². The lowest BCUT2D eigenvalue weighted by Crippen LogP contribution is -2.46. The SMILES string of the molecule is O=C(NC1CCCCC1)[C@@H]1CCCN(Cc2nc3ccccc3n2-c2ccc(F)cc2)C1. The molecule has 1 N–H and O–H groups in total. The minimum absolute atomic E-state index is 0.0364. The van der Waals surface area contributed by atoms with Crippen LogP contribution in [-0.2, 0) is 11.3 Å². The Kier molecular flexibility index (Phi) is 6.21. The summed E-state index contributed by atoms with van der Waals surface area (Å²) in [4.78, 5) is 20.2. The number of benzene rings is 2. The Morgan fingerprint density at radius 3 is 2.59 bits per heavy atom. The van der Waals surface area contributed by atoms with Crippen LogP contribution in [0, 0.1) is 11.7 Å². The fraction of sp³-hybridized carbons (Fsp3) is 0.462. The van der Waals surface area contributed by atoms with E-state index in [2.05, 4.69) is 14.8 Å². The van der Waals surface area contributed by atoms with Crippen LogP contribution in [0.3, 0.4) is 0 Å². The first kappa shape index (κ1) is 21.1. The number of halogens is 1. The van der Waals surface area contributed by atoms with Gasteiger partial charge in [0.05, 0.1) is 23.5 Å². The molecule has 6 heteroatoms. The molecule has 5 rings (SSSR count). The van der Waals surface area contributed by atoms with Crippen molar-refractivity contribution < 1.29 is 9.18 Å². The van der Waals surface area contributed by atoms with Crippen molar-refractivity contribution in [1.82, 2.24) is 19.8 Å². The predicted molar refractivity (Wildman–Crippen MR) is 124 cm³/mol. The molecule has 0 bridgehead atoms. The average molecular weight is 435 g/mol. The Bertz CT molecular complexity index is 1070. The highest BCUT2D eigenvalue weighted by Crippen LogP contribution is 2.25. The maximum absolute atomic E-state index is 13.5. The second-order valence-corrected chi connectivity index (χ2v) is 9.25. The lowest BCUT2D eigenvalue weighted by molar-refractivity contribution is -0.127. The molecule has 1 saturated heterocycles. The number of hydrogen-bond acceptors (Lipinski definition) is 3. The van der Waals surface area contributed by atoms with Crippen molar-refractivity contribution in [1.29, 1.82) is 0 Å². The maximum atomic E-state index is 13.5. The number of amides is 1. The van der Waals surface area contributed by atoms with Crippen molar-refractivity contribution in [2.45, 2.75) is 57.5 Å². The molecule has 32 heavy (non-hydrogen) atoms. The summed E-state index contributed by atoms with van der Waals surface area (Å²) in [5, 5.41) is 3.32.